The van der Waals surface area contributed by atoms with Crippen LogP contribution < -0.4 is 14.3 Å². The van der Waals surface area contributed by atoms with Crippen molar-refractivity contribution in [2.45, 2.75) is 0 Å². The smallest absolute Gasteiger partial charge is 0.231 e. The molecule has 0 spiro atoms. The average Bonchev–Trinajstić information content (AvgIpc) is 2.61. The zero-order valence-electron chi connectivity index (χ0n) is 7.14. The van der Waals surface area contributed by atoms with Crippen molar-refractivity contribution in [1.82, 2.24) is 5.10 Å². The number of hydrogen-bond donors (Lipinski definition) is 0. The third-order valence-corrected chi connectivity index (χ3v) is 2.14. The van der Waals surface area contributed by atoms with Crippen LogP contribution in [0.25, 0.3) is 10.8 Å². The van der Waals surface area contributed by atoms with E-state index in [0.29, 0.717) is 16.3 Å². The Bertz CT molecular complexity index is 513. The Morgan fingerprint density at radius 2 is 1.93 bits per heavy atom. The molecule has 0 unspecified atom stereocenters. The van der Waals surface area contributed by atoms with Gasteiger partial charge in [0.2, 0.25) is 13.0 Å². The van der Waals surface area contributed by atoms with E-state index in [9.17, 15) is 5.21 Å². The van der Waals surface area contributed by atoms with Crippen molar-refractivity contribution in [2.24, 2.45) is 0 Å². The van der Waals surface area contributed by atoms with Gasteiger partial charge in [-0.1, -0.05) is 4.85 Å². The Kier molecular flexibility index (Phi) is 1.30. The third kappa shape index (κ3) is 0.953. The van der Waals surface area contributed by atoms with Crippen LogP contribution in [0.4, 0.5) is 0 Å². The van der Waals surface area contributed by atoms with Crippen LogP contribution in [0, 0.1) is 5.21 Å². The topological polar surface area (TPSA) is 58.3 Å². The fourth-order valence-electron chi connectivity index (χ4n) is 1.47. The van der Waals surface area contributed by atoms with Crippen LogP contribution in [0.2, 0.25) is 0 Å². The van der Waals surface area contributed by atoms with Crippen molar-refractivity contribution in [3.8, 4) is 11.5 Å². The Morgan fingerprint density at radius 1 is 1.21 bits per heavy atom. The Morgan fingerprint density at radius 3 is 2.71 bits per heavy atom. The van der Waals surface area contributed by atoms with Crippen LogP contribution in [0.3, 0.4) is 0 Å². The van der Waals surface area contributed by atoms with E-state index in [1.165, 1.54) is 12.4 Å². The lowest BCUT2D eigenvalue weighted by atomic mass is 10.2. The van der Waals surface area contributed by atoms with Crippen molar-refractivity contribution >= 4 is 10.8 Å². The molecule has 70 valence electrons. The van der Waals surface area contributed by atoms with Gasteiger partial charge in [-0.2, -0.15) is 0 Å². The minimum absolute atomic E-state index is 0.233. The van der Waals surface area contributed by atoms with E-state index in [4.69, 9.17) is 9.47 Å². The van der Waals surface area contributed by atoms with Crippen molar-refractivity contribution in [3.05, 3.63) is 29.7 Å². The van der Waals surface area contributed by atoms with Crippen molar-refractivity contribution in [1.29, 1.82) is 0 Å². The van der Waals surface area contributed by atoms with E-state index in [1.807, 2.05) is 6.07 Å². The maximum atomic E-state index is 10.9. The first-order chi connectivity index (χ1) is 6.83. The predicted molar refractivity (Wildman–Crippen MR) is 46.8 cm³/mol. The maximum Gasteiger partial charge on any atom is 0.231 e. The highest BCUT2D eigenvalue weighted by Gasteiger charge is 2.15. The minimum atomic E-state index is 0.233. The molecule has 1 aromatic carbocycles. The summed E-state index contributed by atoms with van der Waals surface area (Å²) in [7, 11) is 0. The van der Waals surface area contributed by atoms with E-state index >= 15 is 0 Å². The van der Waals surface area contributed by atoms with Crippen molar-refractivity contribution in [2.75, 3.05) is 6.79 Å². The number of fused-ring (bicyclic) bond motifs is 2. The molecule has 0 fully saturated rings. The summed E-state index contributed by atoms with van der Waals surface area (Å²) in [5.74, 6) is 1.37. The summed E-state index contributed by atoms with van der Waals surface area (Å²) in [5, 5.41) is 16.2. The normalized spacial score (nSPS) is 13.4. The molecule has 5 nitrogen and oxygen atoms in total. The standard InChI is InChI=1S/C9H6N2O3/c12-11-4-7-2-9-8(13-5-14-9)1-6(7)3-10-11/h1-4H,5H2. The molecule has 0 saturated heterocycles. The molecule has 0 N–H and O–H groups in total. The molecule has 5 heteroatoms. The zero-order chi connectivity index (χ0) is 9.54. The van der Waals surface area contributed by atoms with Gasteiger partial charge in [0.15, 0.2) is 11.5 Å². The van der Waals surface area contributed by atoms with Gasteiger partial charge in [-0.25, -0.2) is 0 Å². The van der Waals surface area contributed by atoms with Crippen molar-refractivity contribution in [3.63, 3.8) is 0 Å². The molecule has 3 rings (SSSR count). The molecular formula is C9H6N2O3. The molecule has 2 aromatic rings. The number of hydrogen-bond acceptors (Lipinski definition) is 4. The van der Waals surface area contributed by atoms with Crippen LogP contribution in [-0.2, 0) is 0 Å². The minimum Gasteiger partial charge on any atom is -0.594 e. The van der Waals surface area contributed by atoms with Gasteiger partial charge in [0.05, 0.1) is 5.39 Å². The monoisotopic (exact) mass is 190 g/mol. The van der Waals surface area contributed by atoms with Crippen LogP contribution in [0.15, 0.2) is 24.5 Å². The molecule has 14 heavy (non-hydrogen) atoms. The highest BCUT2D eigenvalue weighted by atomic mass is 16.7. The molecule has 1 aliphatic rings. The van der Waals surface area contributed by atoms with E-state index in [1.54, 1.807) is 6.07 Å². The van der Waals surface area contributed by atoms with Crippen LogP contribution in [0.1, 0.15) is 0 Å². The van der Waals surface area contributed by atoms with Gasteiger partial charge in [0.25, 0.3) is 0 Å². The van der Waals surface area contributed by atoms with E-state index in [2.05, 4.69) is 5.10 Å². The summed E-state index contributed by atoms with van der Waals surface area (Å²) in [6, 6.07) is 3.58. The lowest BCUT2D eigenvalue weighted by Gasteiger charge is -1.99. The number of benzene rings is 1. The summed E-state index contributed by atoms with van der Waals surface area (Å²) in [6.45, 7) is 0.233. The lowest BCUT2D eigenvalue weighted by Crippen LogP contribution is -2.29. The second-order valence-corrected chi connectivity index (χ2v) is 3.01. The molecule has 0 bridgehead atoms. The molecule has 1 aliphatic heterocycles. The second kappa shape index (κ2) is 2.47. The number of nitrogens with zero attached hydrogens (tertiary/aromatic N) is 2. The van der Waals surface area contributed by atoms with Gasteiger partial charge in [0, 0.05) is 10.5 Å². The van der Waals surface area contributed by atoms with Crippen LogP contribution in [0.5, 0.6) is 11.5 Å². The van der Waals surface area contributed by atoms with Gasteiger partial charge >= 0.3 is 0 Å². The molecule has 0 radical (unpaired) electrons. The molecular weight excluding hydrogens is 184 g/mol. The third-order valence-electron chi connectivity index (χ3n) is 2.14. The molecule has 1 aromatic heterocycles. The first-order valence-corrected chi connectivity index (χ1v) is 4.12. The largest absolute Gasteiger partial charge is 0.594 e. The average molecular weight is 190 g/mol. The van der Waals surface area contributed by atoms with E-state index in [0.717, 1.165) is 10.8 Å². The van der Waals surface area contributed by atoms with Gasteiger partial charge in [0.1, 0.15) is 6.20 Å². The summed E-state index contributed by atoms with van der Waals surface area (Å²) in [4.78, 5) is 0.518. The molecule has 2 heterocycles. The SMILES string of the molecule is [O-][n+]1cc2cc3c(cc2cn1)OCO3. The Balaban J connectivity index is 2.33. The number of rotatable bonds is 0. The van der Waals surface area contributed by atoms with Crippen LogP contribution >= 0.6 is 0 Å². The highest BCUT2D eigenvalue weighted by molar-refractivity contribution is 5.84. The summed E-state index contributed by atoms with van der Waals surface area (Å²) < 4.78 is 10.4. The first kappa shape index (κ1) is 7.37. The van der Waals surface area contributed by atoms with Gasteiger partial charge in [-0.05, 0) is 12.1 Å². The fraction of sp³-hybridized carbons (Fsp3) is 0.111. The Labute approximate surface area is 79.1 Å². The predicted octanol–water partition coefficient (Wildman–Crippen LogP) is 0.597. The molecule has 0 atom stereocenters. The summed E-state index contributed by atoms with van der Waals surface area (Å²) >= 11 is 0. The summed E-state index contributed by atoms with van der Waals surface area (Å²) in [5.41, 5.74) is 0. The van der Waals surface area contributed by atoms with E-state index in [-0.39, 0.29) is 6.79 Å². The first-order valence-electron chi connectivity index (χ1n) is 4.12. The maximum absolute atomic E-state index is 10.9. The molecule has 0 amide bonds. The van der Waals surface area contributed by atoms with E-state index < -0.39 is 0 Å². The second-order valence-electron chi connectivity index (χ2n) is 3.01. The molecule has 0 saturated carbocycles. The number of aromatic nitrogens is 2. The van der Waals surface area contributed by atoms with Gasteiger partial charge < -0.3 is 14.7 Å². The highest BCUT2D eigenvalue weighted by Crippen LogP contribution is 2.35. The number of ether oxygens (including phenoxy) is 2. The van der Waals surface area contributed by atoms with Gasteiger partial charge in [-0.15, -0.1) is 0 Å². The molecule has 0 aliphatic carbocycles. The summed E-state index contributed by atoms with van der Waals surface area (Å²) in [6.07, 6.45) is 2.90. The fourth-order valence-corrected chi connectivity index (χ4v) is 1.47. The quantitative estimate of drug-likeness (QED) is 0.450. The van der Waals surface area contributed by atoms with Gasteiger partial charge in [-0.3, -0.25) is 0 Å². The zero-order valence-corrected chi connectivity index (χ0v) is 7.14. The Hall–Kier alpha value is -2.04. The van der Waals surface area contributed by atoms with Crippen LogP contribution in [-0.4, -0.2) is 11.9 Å². The van der Waals surface area contributed by atoms with Crippen molar-refractivity contribution < 1.29 is 14.3 Å². The lowest BCUT2D eigenvalue weighted by molar-refractivity contribution is -0.667.